The van der Waals surface area contributed by atoms with Gasteiger partial charge in [-0.15, -0.1) is 10.2 Å². The molecule has 0 unspecified atom stereocenters. The van der Waals surface area contributed by atoms with Crippen LogP contribution < -0.4 is 10.6 Å². The second kappa shape index (κ2) is 8.40. The van der Waals surface area contributed by atoms with Gasteiger partial charge in [-0.25, -0.2) is 4.99 Å². The van der Waals surface area contributed by atoms with Crippen LogP contribution in [0.1, 0.15) is 76.9 Å². The lowest BCUT2D eigenvalue weighted by molar-refractivity contribution is 0.104. The summed E-state index contributed by atoms with van der Waals surface area (Å²) in [5, 5.41) is 15.7. The fraction of sp³-hybridized carbons (Fsp3) is 0.850. The molecular formula is C20H36N6. The summed E-state index contributed by atoms with van der Waals surface area (Å²) in [6, 6.07) is 0.560. The molecule has 0 atom stereocenters. The molecule has 1 aromatic heterocycles. The number of hydrogen-bond acceptors (Lipinski definition) is 3. The molecule has 0 spiro atoms. The topological polar surface area (TPSA) is 67.1 Å². The molecule has 2 aliphatic rings. The largest absolute Gasteiger partial charge is 0.356 e. The predicted molar refractivity (Wildman–Crippen MR) is 106 cm³/mol. The Hall–Kier alpha value is -1.59. The molecular weight excluding hydrogens is 324 g/mol. The van der Waals surface area contributed by atoms with E-state index in [4.69, 9.17) is 4.99 Å². The summed E-state index contributed by atoms with van der Waals surface area (Å²) in [5.74, 6) is 3.55. The Morgan fingerprint density at radius 2 is 1.96 bits per heavy atom. The van der Waals surface area contributed by atoms with Crippen LogP contribution in [0.2, 0.25) is 0 Å². The summed E-state index contributed by atoms with van der Waals surface area (Å²) < 4.78 is 2.02. The van der Waals surface area contributed by atoms with E-state index in [9.17, 15) is 0 Å². The van der Waals surface area contributed by atoms with Gasteiger partial charge in [0.25, 0.3) is 0 Å². The molecule has 0 radical (unpaired) electrons. The van der Waals surface area contributed by atoms with Gasteiger partial charge < -0.3 is 15.2 Å². The molecule has 0 saturated heterocycles. The maximum absolute atomic E-state index is 4.84. The quantitative estimate of drug-likeness (QED) is 0.578. The van der Waals surface area contributed by atoms with Gasteiger partial charge >= 0.3 is 0 Å². The van der Waals surface area contributed by atoms with E-state index < -0.39 is 0 Å². The van der Waals surface area contributed by atoms with Crippen molar-refractivity contribution in [2.75, 3.05) is 6.54 Å². The number of aryl methyl sites for hydroxylation is 1. The highest BCUT2D eigenvalue weighted by atomic mass is 15.3. The van der Waals surface area contributed by atoms with Crippen LogP contribution in [0.15, 0.2) is 4.99 Å². The van der Waals surface area contributed by atoms with Crippen molar-refractivity contribution in [3.8, 4) is 0 Å². The average Bonchev–Trinajstić information content (AvgIpc) is 3.18. The molecule has 2 aliphatic carbocycles. The Morgan fingerprint density at radius 1 is 1.23 bits per heavy atom. The molecule has 2 N–H and O–H groups in total. The molecule has 0 bridgehead atoms. The summed E-state index contributed by atoms with van der Waals surface area (Å²) in [4.78, 5) is 4.84. The first-order valence-electron chi connectivity index (χ1n) is 10.4. The van der Waals surface area contributed by atoms with Crippen molar-refractivity contribution in [3.63, 3.8) is 0 Å². The Bertz CT molecular complexity index is 608. The first-order chi connectivity index (χ1) is 12.5. The molecule has 1 aromatic rings. The first-order valence-corrected chi connectivity index (χ1v) is 10.4. The van der Waals surface area contributed by atoms with E-state index in [2.05, 4.69) is 34.7 Å². The molecule has 3 rings (SSSR count). The van der Waals surface area contributed by atoms with Gasteiger partial charge in [0.2, 0.25) is 0 Å². The van der Waals surface area contributed by atoms with Crippen molar-refractivity contribution in [1.82, 2.24) is 25.4 Å². The van der Waals surface area contributed by atoms with E-state index in [0.717, 1.165) is 30.1 Å². The second-order valence-corrected chi connectivity index (χ2v) is 8.82. The normalized spacial score (nSPS) is 20.4. The van der Waals surface area contributed by atoms with Crippen molar-refractivity contribution in [2.24, 2.45) is 23.4 Å². The summed E-state index contributed by atoms with van der Waals surface area (Å²) in [6.07, 6.45) is 10.5. The number of rotatable bonds is 7. The van der Waals surface area contributed by atoms with E-state index in [1.807, 2.05) is 18.5 Å². The highest BCUT2D eigenvalue weighted by Crippen LogP contribution is 2.45. The van der Waals surface area contributed by atoms with Gasteiger partial charge in [0, 0.05) is 19.6 Å². The Balaban J connectivity index is 1.64. The van der Waals surface area contributed by atoms with E-state index in [0.29, 0.717) is 18.0 Å². The fourth-order valence-electron chi connectivity index (χ4n) is 4.42. The van der Waals surface area contributed by atoms with E-state index in [-0.39, 0.29) is 0 Å². The SMILES string of the molecule is Cc1nnc(CN=C(NCC2(CC(C)C)CCC2)NC2CCCC2)n1C. The summed E-state index contributed by atoms with van der Waals surface area (Å²) in [6.45, 7) is 8.24. The minimum atomic E-state index is 0.466. The van der Waals surface area contributed by atoms with Crippen LogP contribution >= 0.6 is 0 Å². The Kier molecular flexibility index (Phi) is 6.20. The monoisotopic (exact) mass is 360 g/mol. The van der Waals surface area contributed by atoms with Crippen molar-refractivity contribution >= 4 is 5.96 Å². The highest BCUT2D eigenvalue weighted by Gasteiger charge is 2.37. The number of aromatic nitrogens is 3. The van der Waals surface area contributed by atoms with Gasteiger partial charge in [-0.05, 0) is 50.4 Å². The molecule has 0 amide bonds. The molecule has 146 valence electrons. The molecule has 0 aromatic carbocycles. The lowest BCUT2D eigenvalue weighted by atomic mass is 9.64. The van der Waals surface area contributed by atoms with Crippen molar-refractivity contribution in [1.29, 1.82) is 0 Å². The summed E-state index contributed by atoms with van der Waals surface area (Å²) in [5.41, 5.74) is 0.466. The van der Waals surface area contributed by atoms with Crippen LogP contribution in [0.4, 0.5) is 0 Å². The van der Waals surface area contributed by atoms with Crippen LogP contribution in [-0.2, 0) is 13.6 Å². The number of guanidine groups is 1. The van der Waals surface area contributed by atoms with Gasteiger partial charge in [0.05, 0.1) is 0 Å². The van der Waals surface area contributed by atoms with Crippen molar-refractivity contribution in [3.05, 3.63) is 11.6 Å². The van der Waals surface area contributed by atoms with Gasteiger partial charge in [-0.3, -0.25) is 0 Å². The van der Waals surface area contributed by atoms with Crippen LogP contribution in [-0.4, -0.2) is 33.3 Å². The zero-order valence-corrected chi connectivity index (χ0v) is 17.0. The molecule has 6 nitrogen and oxygen atoms in total. The van der Waals surface area contributed by atoms with Gasteiger partial charge in [0.15, 0.2) is 11.8 Å². The lowest BCUT2D eigenvalue weighted by Crippen LogP contribution is -2.49. The maximum atomic E-state index is 4.84. The minimum absolute atomic E-state index is 0.466. The molecule has 1 heterocycles. The maximum Gasteiger partial charge on any atom is 0.191 e. The smallest absolute Gasteiger partial charge is 0.191 e. The van der Waals surface area contributed by atoms with Crippen LogP contribution in [0, 0.1) is 18.3 Å². The molecule has 2 fully saturated rings. The van der Waals surface area contributed by atoms with Crippen LogP contribution in [0.25, 0.3) is 0 Å². The number of nitrogens with one attached hydrogen (secondary N) is 2. The first kappa shape index (κ1) is 19.2. The number of aliphatic imine (C=N–C) groups is 1. The summed E-state index contributed by atoms with van der Waals surface area (Å²) in [7, 11) is 2.00. The van der Waals surface area contributed by atoms with Gasteiger partial charge in [-0.2, -0.15) is 0 Å². The highest BCUT2D eigenvalue weighted by molar-refractivity contribution is 5.80. The number of nitrogens with zero attached hydrogens (tertiary/aromatic N) is 4. The Morgan fingerprint density at radius 3 is 2.50 bits per heavy atom. The fourth-order valence-corrected chi connectivity index (χ4v) is 4.42. The van der Waals surface area contributed by atoms with Crippen molar-refractivity contribution < 1.29 is 0 Å². The third-order valence-corrected chi connectivity index (χ3v) is 6.14. The van der Waals surface area contributed by atoms with Gasteiger partial charge in [0.1, 0.15) is 12.4 Å². The standard InChI is InChI=1S/C20H36N6/c1-15(2)12-20(10-7-11-20)14-22-19(23-17-8-5-6-9-17)21-13-18-25-24-16(3)26(18)4/h15,17H,5-14H2,1-4H3,(H2,21,22,23). The van der Waals surface area contributed by atoms with Crippen LogP contribution in [0.3, 0.4) is 0 Å². The second-order valence-electron chi connectivity index (χ2n) is 8.82. The molecule has 26 heavy (non-hydrogen) atoms. The van der Waals surface area contributed by atoms with Gasteiger partial charge in [-0.1, -0.05) is 33.1 Å². The van der Waals surface area contributed by atoms with Crippen molar-refractivity contribution in [2.45, 2.75) is 84.7 Å². The Labute approximate surface area is 158 Å². The average molecular weight is 361 g/mol. The molecule has 0 aliphatic heterocycles. The molecule has 2 saturated carbocycles. The van der Waals surface area contributed by atoms with E-state index >= 15 is 0 Å². The van der Waals surface area contributed by atoms with E-state index in [1.165, 1.54) is 51.4 Å². The lowest BCUT2D eigenvalue weighted by Gasteiger charge is -2.43. The summed E-state index contributed by atoms with van der Waals surface area (Å²) >= 11 is 0. The molecule has 6 heteroatoms. The predicted octanol–water partition coefficient (Wildman–Crippen LogP) is 3.32. The number of hydrogen-bond donors (Lipinski definition) is 2. The minimum Gasteiger partial charge on any atom is -0.356 e. The zero-order chi connectivity index (χ0) is 18.6. The third kappa shape index (κ3) is 4.77. The zero-order valence-electron chi connectivity index (χ0n) is 17.0. The van der Waals surface area contributed by atoms with E-state index in [1.54, 1.807) is 0 Å². The van der Waals surface area contributed by atoms with Crippen LogP contribution in [0.5, 0.6) is 0 Å². The third-order valence-electron chi connectivity index (χ3n) is 6.14.